The van der Waals surface area contributed by atoms with Crippen molar-refractivity contribution in [3.63, 3.8) is 0 Å². The van der Waals surface area contributed by atoms with Crippen LogP contribution in [-0.2, 0) is 10.0 Å². The van der Waals surface area contributed by atoms with E-state index >= 15 is 0 Å². The number of hydrogen-bond acceptors (Lipinski definition) is 4. The first-order chi connectivity index (χ1) is 10.8. The minimum atomic E-state index is -3.94. The van der Waals surface area contributed by atoms with E-state index in [1.807, 2.05) is 0 Å². The maximum absolute atomic E-state index is 12.5. The Labute approximate surface area is 147 Å². The highest BCUT2D eigenvalue weighted by molar-refractivity contribution is 8.17. The summed E-state index contributed by atoms with van der Waals surface area (Å²) in [6.07, 6.45) is 0. The maximum atomic E-state index is 12.5. The van der Waals surface area contributed by atoms with Crippen LogP contribution in [0.15, 0.2) is 50.6 Å². The SMILES string of the molecule is Cc1cc(Cl)cc2c1S(=O)(=O)N=C(C(=O)c1ccc(Cl)cc1)S2. The molecule has 0 amide bonds. The first-order valence-electron chi connectivity index (χ1n) is 6.41. The molecule has 0 unspecified atom stereocenters. The number of ketones is 1. The Morgan fingerprint density at radius 2 is 1.74 bits per heavy atom. The van der Waals surface area contributed by atoms with E-state index in [4.69, 9.17) is 23.2 Å². The van der Waals surface area contributed by atoms with Crippen LogP contribution in [0.2, 0.25) is 10.0 Å². The summed E-state index contributed by atoms with van der Waals surface area (Å²) in [5.41, 5.74) is 0.819. The van der Waals surface area contributed by atoms with E-state index < -0.39 is 15.8 Å². The number of aryl methyl sites for hydroxylation is 1. The Morgan fingerprint density at radius 3 is 2.39 bits per heavy atom. The summed E-state index contributed by atoms with van der Waals surface area (Å²) in [7, 11) is -3.94. The average molecular weight is 386 g/mol. The van der Waals surface area contributed by atoms with Gasteiger partial charge in [-0.05, 0) is 48.9 Å². The van der Waals surface area contributed by atoms with Gasteiger partial charge in [0.05, 0.1) is 0 Å². The fourth-order valence-electron chi connectivity index (χ4n) is 2.20. The highest BCUT2D eigenvalue weighted by Gasteiger charge is 2.31. The predicted molar refractivity (Wildman–Crippen MR) is 92.4 cm³/mol. The fourth-order valence-corrected chi connectivity index (χ4v) is 5.57. The molecule has 0 radical (unpaired) electrons. The molecule has 0 N–H and O–H groups in total. The van der Waals surface area contributed by atoms with Gasteiger partial charge in [0.25, 0.3) is 10.0 Å². The zero-order chi connectivity index (χ0) is 16.8. The van der Waals surface area contributed by atoms with Crippen LogP contribution in [0.5, 0.6) is 0 Å². The fraction of sp³-hybridized carbons (Fsp3) is 0.0667. The second kappa shape index (κ2) is 5.94. The molecule has 1 aliphatic rings. The van der Waals surface area contributed by atoms with Crippen LogP contribution in [0, 0.1) is 6.92 Å². The lowest BCUT2D eigenvalue weighted by atomic mass is 10.1. The van der Waals surface area contributed by atoms with Gasteiger partial charge in [0.2, 0.25) is 5.78 Å². The van der Waals surface area contributed by atoms with Gasteiger partial charge in [-0.25, -0.2) is 0 Å². The standard InChI is InChI=1S/C15H9Cl2NO3S2/c1-8-6-11(17)7-12-14(8)23(20,21)18-15(22-12)13(19)9-2-4-10(16)5-3-9/h2-7H,1H3. The van der Waals surface area contributed by atoms with E-state index in [0.29, 0.717) is 26.1 Å². The van der Waals surface area contributed by atoms with Gasteiger partial charge in [-0.15, -0.1) is 4.40 Å². The molecule has 0 atom stereocenters. The summed E-state index contributed by atoms with van der Waals surface area (Å²) in [5, 5.41) is 0.783. The minimum absolute atomic E-state index is 0.0968. The van der Waals surface area contributed by atoms with Crippen molar-refractivity contribution in [2.75, 3.05) is 0 Å². The summed E-state index contributed by atoms with van der Waals surface area (Å²) in [6, 6.07) is 9.26. The molecule has 0 saturated heterocycles. The predicted octanol–water partition coefficient (Wildman–Crippen LogP) is 4.38. The van der Waals surface area contributed by atoms with E-state index in [0.717, 1.165) is 11.8 Å². The van der Waals surface area contributed by atoms with Crippen LogP contribution in [-0.4, -0.2) is 19.2 Å². The molecule has 0 aromatic heterocycles. The van der Waals surface area contributed by atoms with Crippen molar-refractivity contribution in [1.82, 2.24) is 0 Å². The number of Topliss-reactive ketones (excluding diaryl/α,β-unsaturated/α-hetero) is 1. The molecule has 4 nitrogen and oxygen atoms in total. The molecule has 1 aliphatic heterocycles. The van der Waals surface area contributed by atoms with Crippen LogP contribution in [0.3, 0.4) is 0 Å². The third kappa shape index (κ3) is 3.17. The summed E-state index contributed by atoms with van der Waals surface area (Å²) < 4.78 is 28.4. The summed E-state index contributed by atoms with van der Waals surface area (Å²) in [4.78, 5) is 13.0. The number of hydrogen-bond donors (Lipinski definition) is 0. The van der Waals surface area contributed by atoms with Crippen LogP contribution in [0.1, 0.15) is 15.9 Å². The number of carbonyl (C=O) groups excluding carboxylic acids is 1. The maximum Gasteiger partial charge on any atom is 0.284 e. The van der Waals surface area contributed by atoms with Gasteiger partial charge in [0.15, 0.2) is 5.04 Å². The zero-order valence-electron chi connectivity index (χ0n) is 11.7. The normalized spacial score (nSPS) is 15.7. The van der Waals surface area contributed by atoms with Gasteiger partial charge >= 0.3 is 0 Å². The number of halogens is 2. The molecule has 2 aromatic carbocycles. The number of nitrogens with zero attached hydrogens (tertiary/aromatic N) is 1. The molecule has 2 aromatic rings. The first-order valence-corrected chi connectivity index (χ1v) is 9.42. The zero-order valence-corrected chi connectivity index (χ0v) is 14.9. The van der Waals surface area contributed by atoms with Gasteiger partial charge in [0, 0.05) is 20.5 Å². The molecule has 23 heavy (non-hydrogen) atoms. The van der Waals surface area contributed by atoms with Crippen molar-refractivity contribution >= 4 is 55.8 Å². The Kier molecular flexibility index (Phi) is 4.27. The summed E-state index contributed by atoms with van der Waals surface area (Å²) in [5.74, 6) is -0.474. The Hall–Kier alpha value is -1.34. The molecule has 3 rings (SSSR count). The van der Waals surface area contributed by atoms with Crippen molar-refractivity contribution in [2.45, 2.75) is 16.7 Å². The lowest BCUT2D eigenvalue weighted by Crippen LogP contribution is -2.18. The third-order valence-electron chi connectivity index (χ3n) is 3.17. The molecular weight excluding hydrogens is 377 g/mol. The molecule has 0 spiro atoms. The van der Waals surface area contributed by atoms with Gasteiger partial charge < -0.3 is 0 Å². The summed E-state index contributed by atoms with van der Waals surface area (Å²) in [6.45, 7) is 1.64. The third-order valence-corrected chi connectivity index (χ3v) is 6.38. The van der Waals surface area contributed by atoms with Crippen molar-refractivity contribution < 1.29 is 13.2 Å². The number of carbonyl (C=O) groups is 1. The average Bonchev–Trinajstić information content (AvgIpc) is 2.45. The smallest absolute Gasteiger partial charge is 0.284 e. The molecular formula is C15H9Cl2NO3S2. The molecule has 118 valence electrons. The molecule has 0 bridgehead atoms. The number of rotatable bonds is 2. The topological polar surface area (TPSA) is 63.6 Å². The van der Waals surface area contributed by atoms with E-state index in [-0.39, 0.29) is 9.94 Å². The Morgan fingerprint density at radius 1 is 1.09 bits per heavy atom. The molecule has 0 saturated carbocycles. The van der Waals surface area contributed by atoms with Gasteiger partial charge in [-0.2, -0.15) is 8.42 Å². The lowest BCUT2D eigenvalue weighted by molar-refractivity contribution is 0.106. The first kappa shape index (κ1) is 16.5. The van der Waals surface area contributed by atoms with Crippen molar-refractivity contribution in [1.29, 1.82) is 0 Å². The monoisotopic (exact) mass is 385 g/mol. The van der Waals surface area contributed by atoms with Crippen molar-refractivity contribution in [3.05, 3.63) is 57.6 Å². The largest absolute Gasteiger partial charge is 0.286 e. The number of benzene rings is 2. The number of sulfonamides is 1. The van der Waals surface area contributed by atoms with Gasteiger partial charge in [0.1, 0.15) is 4.90 Å². The van der Waals surface area contributed by atoms with E-state index in [1.165, 1.54) is 18.2 Å². The van der Waals surface area contributed by atoms with Crippen molar-refractivity contribution in [2.24, 2.45) is 4.40 Å². The van der Waals surface area contributed by atoms with Gasteiger partial charge in [-0.1, -0.05) is 35.0 Å². The lowest BCUT2D eigenvalue weighted by Gasteiger charge is -2.17. The molecule has 0 fully saturated rings. The highest BCUT2D eigenvalue weighted by Crippen LogP contribution is 2.39. The molecule has 8 heteroatoms. The van der Waals surface area contributed by atoms with E-state index in [9.17, 15) is 13.2 Å². The summed E-state index contributed by atoms with van der Waals surface area (Å²) >= 11 is 12.8. The van der Waals surface area contributed by atoms with Crippen LogP contribution < -0.4 is 0 Å². The Balaban J connectivity index is 2.08. The second-order valence-electron chi connectivity index (χ2n) is 4.86. The van der Waals surface area contributed by atoms with Crippen LogP contribution >= 0.6 is 35.0 Å². The van der Waals surface area contributed by atoms with Crippen LogP contribution in [0.4, 0.5) is 0 Å². The van der Waals surface area contributed by atoms with Crippen molar-refractivity contribution in [3.8, 4) is 0 Å². The van der Waals surface area contributed by atoms with E-state index in [1.54, 1.807) is 25.1 Å². The second-order valence-corrected chi connectivity index (χ2v) is 8.30. The molecule has 1 heterocycles. The molecule has 0 aliphatic carbocycles. The van der Waals surface area contributed by atoms with E-state index in [2.05, 4.69) is 4.40 Å². The minimum Gasteiger partial charge on any atom is -0.286 e. The van der Waals surface area contributed by atoms with Gasteiger partial charge in [-0.3, -0.25) is 4.79 Å². The highest BCUT2D eigenvalue weighted by atomic mass is 35.5. The Bertz CT molecular complexity index is 951. The van der Waals surface area contributed by atoms with Crippen LogP contribution in [0.25, 0.3) is 0 Å². The quantitative estimate of drug-likeness (QED) is 0.719. The number of thioether (sulfide) groups is 1. The number of fused-ring (bicyclic) bond motifs is 1.